The van der Waals surface area contributed by atoms with Gasteiger partial charge in [-0.25, -0.2) is 4.79 Å². The SMILES string of the molecule is CCOC(=O)[C@@H](NC=O)[C@@H]1C[C@@H](C)O[C@H]2CCC[C@@H]12. The summed E-state index contributed by atoms with van der Waals surface area (Å²) in [4.78, 5) is 22.8. The highest BCUT2D eigenvalue weighted by atomic mass is 16.5. The Hall–Kier alpha value is -1.10. The van der Waals surface area contributed by atoms with E-state index >= 15 is 0 Å². The molecule has 1 saturated heterocycles. The van der Waals surface area contributed by atoms with Crippen molar-refractivity contribution in [1.29, 1.82) is 0 Å². The molecule has 0 bridgehead atoms. The van der Waals surface area contributed by atoms with Gasteiger partial charge in [-0.1, -0.05) is 6.42 Å². The van der Waals surface area contributed by atoms with Crippen molar-refractivity contribution in [2.45, 2.75) is 57.8 Å². The van der Waals surface area contributed by atoms with Crippen LogP contribution in [-0.4, -0.2) is 37.2 Å². The molecule has 1 amide bonds. The predicted molar refractivity (Wildman–Crippen MR) is 69.4 cm³/mol. The molecule has 108 valence electrons. The van der Waals surface area contributed by atoms with Crippen LogP contribution in [0.4, 0.5) is 0 Å². The van der Waals surface area contributed by atoms with Gasteiger partial charge in [-0.3, -0.25) is 4.79 Å². The number of nitrogens with one attached hydrogen (secondary N) is 1. The molecule has 1 heterocycles. The first-order chi connectivity index (χ1) is 9.17. The minimum Gasteiger partial charge on any atom is -0.464 e. The summed E-state index contributed by atoms with van der Waals surface area (Å²) < 4.78 is 11.0. The molecule has 0 aromatic heterocycles. The third-order valence-corrected chi connectivity index (χ3v) is 4.28. The van der Waals surface area contributed by atoms with E-state index in [4.69, 9.17) is 9.47 Å². The summed E-state index contributed by atoms with van der Waals surface area (Å²) in [5.41, 5.74) is 0. The van der Waals surface area contributed by atoms with Gasteiger partial charge < -0.3 is 14.8 Å². The third-order valence-electron chi connectivity index (χ3n) is 4.28. The number of rotatable bonds is 5. The molecule has 0 aromatic rings. The zero-order chi connectivity index (χ0) is 13.8. The largest absolute Gasteiger partial charge is 0.464 e. The van der Waals surface area contributed by atoms with Crippen LogP contribution in [0, 0.1) is 11.8 Å². The Balaban J connectivity index is 2.13. The van der Waals surface area contributed by atoms with Crippen molar-refractivity contribution in [3.63, 3.8) is 0 Å². The maximum absolute atomic E-state index is 12.0. The molecular formula is C14H23NO4. The molecule has 0 spiro atoms. The quantitative estimate of drug-likeness (QED) is 0.603. The van der Waals surface area contributed by atoms with Gasteiger partial charge in [0.1, 0.15) is 6.04 Å². The van der Waals surface area contributed by atoms with E-state index < -0.39 is 6.04 Å². The highest BCUT2D eigenvalue weighted by Gasteiger charge is 2.45. The van der Waals surface area contributed by atoms with Crippen LogP contribution in [0.3, 0.4) is 0 Å². The standard InChI is InChI=1S/C14H23NO4/c1-3-18-14(17)13(15-8-16)11-7-9(2)19-12-6-4-5-10(11)12/h8-13H,3-7H2,1-2H3,(H,15,16)/t9-,10+,11-,12+,13+/m1/s1. The molecule has 0 radical (unpaired) electrons. The first-order valence-electron chi connectivity index (χ1n) is 7.19. The van der Waals surface area contributed by atoms with Gasteiger partial charge in [-0.05, 0) is 44.9 Å². The smallest absolute Gasteiger partial charge is 0.328 e. The van der Waals surface area contributed by atoms with Crippen molar-refractivity contribution in [1.82, 2.24) is 5.32 Å². The second kappa shape index (κ2) is 6.37. The number of carbonyl (C=O) groups is 2. The Labute approximate surface area is 114 Å². The second-order valence-corrected chi connectivity index (χ2v) is 5.49. The fourth-order valence-electron chi connectivity index (χ4n) is 3.58. The molecule has 5 atom stereocenters. The van der Waals surface area contributed by atoms with Crippen LogP contribution in [0.15, 0.2) is 0 Å². The highest BCUT2D eigenvalue weighted by Crippen LogP contribution is 2.42. The predicted octanol–water partition coefficient (Wildman–Crippen LogP) is 1.26. The monoisotopic (exact) mass is 269 g/mol. The van der Waals surface area contributed by atoms with Crippen LogP contribution >= 0.6 is 0 Å². The number of esters is 1. The summed E-state index contributed by atoms with van der Waals surface area (Å²) in [6.07, 6.45) is 5.03. The molecule has 1 saturated carbocycles. The number of fused-ring (bicyclic) bond motifs is 1. The molecule has 5 heteroatoms. The Morgan fingerprint density at radius 1 is 1.53 bits per heavy atom. The van der Waals surface area contributed by atoms with E-state index in [-0.39, 0.29) is 24.1 Å². The van der Waals surface area contributed by atoms with Crippen molar-refractivity contribution < 1.29 is 19.1 Å². The molecule has 5 nitrogen and oxygen atoms in total. The lowest BCUT2D eigenvalue weighted by atomic mass is 9.78. The van der Waals surface area contributed by atoms with Crippen molar-refractivity contribution in [2.75, 3.05) is 6.61 Å². The summed E-state index contributed by atoms with van der Waals surface area (Å²) in [5, 5.41) is 2.66. The summed E-state index contributed by atoms with van der Waals surface area (Å²) in [7, 11) is 0. The van der Waals surface area contributed by atoms with Crippen molar-refractivity contribution >= 4 is 12.4 Å². The molecule has 1 aliphatic heterocycles. The topological polar surface area (TPSA) is 64.6 Å². The number of hydrogen-bond acceptors (Lipinski definition) is 4. The number of amides is 1. The van der Waals surface area contributed by atoms with Gasteiger partial charge in [0.15, 0.2) is 0 Å². The molecule has 1 N–H and O–H groups in total. The van der Waals surface area contributed by atoms with Gasteiger partial charge >= 0.3 is 5.97 Å². The molecule has 19 heavy (non-hydrogen) atoms. The summed E-state index contributed by atoms with van der Waals surface area (Å²) >= 11 is 0. The van der Waals surface area contributed by atoms with Crippen molar-refractivity contribution in [3.8, 4) is 0 Å². The fourth-order valence-corrected chi connectivity index (χ4v) is 3.58. The molecule has 2 aliphatic rings. The zero-order valence-corrected chi connectivity index (χ0v) is 11.6. The Bertz CT molecular complexity index is 333. The van der Waals surface area contributed by atoms with E-state index in [0.29, 0.717) is 18.9 Å². The average Bonchev–Trinajstić information content (AvgIpc) is 2.83. The lowest BCUT2D eigenvalue weighted by molar-refractivity contribution is -0.154. The molecule has 0 unspecified atom stereocenters. The average molecular weight is 269 g/mol. The molecular weight excluding hydrogens is 246 g/mol. The van der Waals surface area contributed by atoms with E-state index in [1.54, 1.807) is 6.92 Å². The van der Waals surface area contributed by atoms with Crippen molar-refractivity contribution in [2.24, 2.45) is 11.8 Å². The van der Waals surface area contributed by atoms with Gasteiger partial charge in [-0.15, -0.1) is 0 Å². The van der Waals surface area contributed by atoms with E-state index in [1.165, 1.54) is 0 Å². The van der Waals surface area contributed by atoms with Crippen LogP contribution in [-0.2, 0) is 19.1 Å². The minimum atomic E-state index is -0.533. The number of ether oxygens (including phenoxy) is 2. The summed E-state index contributed by atoms with van der Waals surface area (Å²) in [5.74, 6) is 0.165. The van der Waals surface area contributed by atoms with Gasteiger partial charge in [0.2, 0.25) is 6.41 Å². The van der Waals surface area contributed by atoms with Crippen LogP contribution in [0.1, 0.15) is 39.5 Å². The van der Waals surface area contributed by atoms with Gasteiger partial charge in [0.25, 0.3) is 0 Å². The maximum Gasteiger partial charge on any atom is 0.328 e. The number of carbonyl (C=O) groups excluding carboxylic acids is 2. The highest BCUT2D eigenvalue weighted by molar-refractivity contribution is 5.78. The number of hydrogen-bond donors (Lipinski definition) is 1. The Morgan fingerprint density at radius 2 is 2.32 bits per heavy atom. The minimum absolute atomic E-state index is 0.125. The zero-order valence-electron chi connectivity index (χ0n) is 11.6. The van der Waals surface area contributed by atoms with Gasteiger partial charge in [0.05, 0.1) is 18.8 Å². The third kappa shape index (κ3) is 3.08. The van der Waals surface area contributed by atoms with Crippen LogP contribution < -0.4 is 5.32 Å². The Morgan fingerprint density at radius 3 is 3.00 bits per heavy atom. The van der Waals surface area contributed by atoms with Gasteiger partial charge in [-0.2, -0.15) is 0 Å². The normalized spacial score (nSPS) is 35.3. The maximum atomic E-state index is 12.0. The lowest BCUT2D eigenvalue weighted by Gasteiger charge is -2.40. The molecule has 2 fully saturated rings. The van der Waals surface area contributed by atoms with Crippen LogP contribution in [0.25, 0.3) is 0 Å². The second-order valence-electron chi connectivity index (χ2n) is 5.49. The van der Waals surface area contributed by atoms with E-state index in [9.17, 15) is 9.59 Å². The summed E-state index contributed by atoms with van der Waals surface area (Å²) in [6, 6.07) is -0.533. The van der Waals surface area contributed by atoms with E-state index in [0.717, 1.165) is 25.7 Å². The van der Waals surface area contributed by atoms with E-state index in [2.05, 4.69) is 5.32 Å². The fraction of sp³-hybridized carbons (Fsp3) is 0.857. The molecule has 2 rings (SSSR count). The first-order valence-corrected chi connectivity index (χ1v) is 7.19. The van der Waals surface area contributed by atoms with Crippen LogP contribution in [0.2, 0.25) is 0 Å². The Kier molecular flexibility index (Phi) is 4.80. The van der Waals surface area contributed by atoms with Crippen molar-refractivity contribution in [3.05, 3.63) is 0 Å². The van der Waals surface area contributed by atoms with Gasteiger partial charge in [0, 0.05) is 0 Å². The molecule has 0 aromatic carbocycles. The summed E-state index contributed by atoms with van der Waals surface area (Å²) in [6.45, 7) is 4.15. The van der Waals surface area contributed by atoms with E-state index in [1.807, 2.05) is 6.92 Å². The lowest BCUT2D eigenvalue weighted by Crippen LogP contribution is -2.51. The first kappa shape index (κ1) is 14.3. The van der Waals surface area contributed by atoms with Crippen LogP contribution in [0.5, 0.6) is 0 Å². The molecule has 1 aliphatic carbocycles.